The lowest BCUT2D eigenvalue weighted by Gasteiger charge is -2.10. The first kappa shape index (κ1) is 17.3. The van der Waals surface area contributed by atoms with Gasteiger partial charge in [-0.25, -0.2) is 13.8 Å². The van der Waals surface area contributed by atoms with Crippen LogP contribution >= 0.6 is 0 Å². The Kier molecular flexibility index (Phi) is 5.41. The summed E-state index contributed by atoms with van der Waals surface area (Å²) in [5.74, 6) is -2.74. The van der Waals surface area contributed by atoms with Gasteiger partial charge in [0, 0.05) is 0 Å². The molecule has 1 atom stereocenters. The summed E-state index contributed by atoms with van der Waals surface area (Å²) >= 11 is 0. The molecule has 1 unspecified atom stereocenters. The highest BCUT2D eigenvalue weighted by Gasteiger charge is 2.14. The van der Waals surface area contributed by atoms with Crippen LogP contribution in [0.1, 0.15) is 23.0 Å². The van der Waals surface area contributed by atoms with Gasteiger partial charge in [-0.05, 0) is 36.8 Å². The van der Waals surface area contributed by atoms with E-state index in [1.165, 1.54) is 31.3 Å². The van der Waals surface area contributed by atoms with Crippen molar-refractivity contribution in [1.82, 2.24) is 10.3 Å². The van der Waals surface area contributed by atoms with E-state index < -0.39 is 29.5 Å². The summed E-state index contributed by atoms with van der Waals surface area (Å²) in [4.78, 5) is 26.6. The molecule has 0 spiro atoms. The van der Waals surface area contributed by atoms with Crippen molar-refractivity contribution in [3.8, 4) is 5.75 Å². The molecule has 1 heterocycles. The number of amides is 2. The number of nitrogens with two attached hydrogens (primary N) is 1. The molecule has 0 fully saturated rings. The molecule has 0 aliphatic rings. The molecule has 0 saturated carbocycles. The number of hydrogen-bond donors (Lipinski definition) is 2. The number of pyridine rings is 1. The molecule has 0 radical (unpaired) electrons. The van der Waals surface area contributed by atoms with Crippen molar-refractivity contribution in [3.05, 3.63) is 59.4 Å². The highest BCUT2D eigenvalue weighted by atomic mass is 19.2. The fourth-order valence-corrected chi connectivity index (χ4v) is 1.74. The van der Waals surface area contributed by atoms with Gasteiger partial charge in [0.2, 0.25) is 5.91 Å². The third-order valence-electron chi connectivity index (χ3n) is 3.13. The number of carbonyl (C=O) groups is 2. The Hall–Kier alpha value is -3.03. The summed E-state index contributed by atoms with van der Waals surface area (Å²) in [6.07, 6.45) is 1.31. The van der Waals surface area contributed by atoms with Crippen molar-refractivity contribution in [2.45, 2.75) is 19.6 Å². The summed E-state index contributed by atoms with van der Waals surface area (Å²) in [7, 11) is 0. The molecule has 2 aromatic rings. The van der Waals surface area contributed by atoms with Crippen molar-refractivity contribution < 1.29 is 23.1 Å². The van der Waals surface area contributed by atoms with Gasteiger partial charge in [0.05, 0.1) is 6.20 Å². The number of aromatic nitrogens is 1. The molecule has 24 heavy (non-hydrogen) atoms. The predicted octanol–water partition coefficient (Wildman–Crippen LogP) is 1.54. The van der Waals surface area contributed by atoms with Gasteiger partial charge in [0.15, 0.2) is 11.6 Å². The second kappa shape index (κ2) is 7.49. The number of nitrogens with zero attached hydrogens (tertiary/aromatic N) is 1. The van der Waals surface area contributed by atoms with Crippen LogP contribution in [-0.4, -0.2) is 22.8 Å². The van der Waals surface area contributed by atoms with E-state index >= 15 is 0 Å². The Bertz CT molecular complexity index is 751. The minimum atomic E-state index is -0.954. The molecule has 0 saturated heterocycles. The summed E-state index contributed by atoms with van der Waals surface area (Å²) < 4.78 is 31.3. The molecule has 0 aliphatic heterocycles. The number of rotatable bonds is 6. The maximum absolute atomic E-state index is 13.1. The van der Waals surface area contributed by atoms with E-state index in [2.05, 4.69) is 10.3 Å². The van der Waals surface area contributed by atoms with Crippen molar-refractivity contribution in [3.63, 3.8) is 0 Å². The third kappa shape index (κ3) is 4.48. The monoisotopic (exact) mass is 335 g/mol. The summed E-state index contributed by atoms with van der Waals surface area (Å²) in [5.41, 5.74) is 5.59. The average molecular weight is 335 g/mol. The minimum Gasteiger partial charge on any atom is -0.487 e. The lowest BCUT2D eigenvalue weighted by Crippen LogP contribution is -2.42. The number of hydrogen-bond acceptors (Lipinski definition) is 4. The van der Waals surface area contributed by atoms with Gasteiger partial charge in [0.1, 0.15) is 24.1 Å². The lowest BCUT2D eigenvalue weighted by atomic mass is 10.2. The first-order chi connectivity index (χ1) is 11.4. The fourth-order valence-electron chi connectivity index (χ4n) is 1.74. The van der Waals surface area contributed by atoms with Gasteiger partial charge in [-0.2, -0.15) is 0 Å². The molecule has 0 bridgehead atoms. The van der Waals surface area contributed by atoms with Gasteiger partial charge in [0.25, 0.3) is 5.91 Å². The molecule has 1 aromatic heterocycles. The van der Waals surface area contributed by atoms with Crippen LogP contribution in [0.25, 0.3) is 0 Å². The van der Waals surface area contributed by atoms with E-state index in [0.717, 1.165) is 12.1 Å². The van der Waals surface area contributed by atoms with Crippen molar-refractivity contribution in [1.29, 1.82) is 0 Å². The van der Waals surface area contributed by atoms with E-state index in [4.69, 9.17) is 10.5 Å². The second-order valence-corrected chi connectivity index (χ2v) is 5.01. The van der Waals surface area contributed by atoms with E-state index in [0.29, 0.717) is 11.3 Å². The molecule has 8 heteroatoms. The number of nitrogens with one attached hydrogen (secondary N) is 1. The van der Waals surface area contributed by atoms with Crippen LogP contribution in [0.3, 0.4) is 0 Å². The van der Waals surface area contributed by atoms with Crippen molar-refractivity contribution in [2.75, 3.05) is 0 Å². The van der Waals surface area contributed by atoms with Gasteiger partial charge in [-0.3, -0.25) is 9.59 Å². The third-order valence-corrected chi connectivity index (χ3v) is 3.13. The Balaban J connectivity index is 1.95. The molecule has 1 aromatic carbocycles. The van der Waals surface area contributed by atoms with Crippen molar-refractivity contribution >= 4 is 11.8 Å². The SMILES string of the molecule is CC(NC(=O)c1ccc(OCc2ccc(F)c(F)c2)cn1)C(N)=O. The quantitative estimate of drug-likeness (QED) is 0.837. The second-order valence-electron chi connectivity index (χ2n) is 5.01. The van der Waals surface area contributed by atoms with Crippen LogP contribution in [0, 0.1) is 11.6 Å². The smallest absolute Gasteiger partial charge is 0.270 e. The van der Waals surface area contributed by atoms with Crippen molar-refractivity contribution in [2.24, 2.45) is 5.73 Å². The summed E-state index contributed by atoms with van der Waals surface area (Å²) in [5, 5.41) is 2.39. The van der Waals surface area contributed by atoms with E-state index in [1.54, 1.807) is 0 Å². The standard InChI is InChI=1S/C16H15F2N3O3/c1-9(15(19)22)21-16(23)14-5-3-11(7-20-14)24-8-10-2-4-12(17)13(18)6-10/h2-7,9H,8H2,1H3,(H2,19,22)(H,21,23). The molecule has 6 nitrogen and oxygen atoms in total. The Morgan fingerprint density at radius 1 is 1.25 bits per heavy atom. The Morgan fingerprint density at radius 2 is 2.00 bits per heavy atom. The summed E-state index contributed by atoms with van der Waals surface area (Å²) in [6.45, 7) is 1.47. The fraction of sp³-hybridized carbons (Fsp3) is 0.188. The molecule has 0 aliphatic carbocycles. The summed E-state index contributed by atoms with van der Waals surface area (Å²) in [6, 6.07) is 5.54. The van der Waals surface area contributed by atoms with Gasteiger partial charge in [-0.1, -0.05) is 6.07 Å². The van der Waals surface area contributed by atoms with E-state index in [-0.39, 0.29) is 12.3 Å². The minimum absolute atomic E-state index is 0.0170. The normalized spacial score (nSPS) is 11.6. The van der Waals surface area contributed by atoms with Crippen LogP contribution in [0.2, 0.25) is 0 Å². The number of primary amides is 1. The van der Waals surface area contributed by atoms with Crippen LogP contribution in [0.5, 0.6) is 5.75 Å². The molecule has 2 rings (SSSR count). The highest BCUT2D eigenvalue weighted by molar-refractivity contribution is 5.95. The molecule has 126 valence electrons. The highest BCUT2D eigenvalue weighted by Crippen LogP contribution is 2.14. The average Bonchev–Trinajstić information content (AvgIpc) is 2.56. The first-order valence-corrected chi connectivity index (χ1v) is 7.00. The maximum atomic E-state index is 13.1. The Labute approximate surface area is 136 Å². The largest absolute Gasteiger partial charge is 0.487 e. The lowest BCUT2D eigenvalue weighted by molar-refractivity contribution is -0.119. The van der Waals surface area contributed by atoms with Gasteiger partial charge in [-0.15, -0.1) is 0 Å². The topological polar surface area (TPSA) is 94.3 Å². The zero-order chi connectivity index (χ0) is 17.7. The van der Waals surface area contributed by atoms with E-state index in [1.807, 2.05) is 0 Å². The molecular weight excluding hydrogens is 320 g/mol. The number of halogens is 2. The number of carbonyl (C=O) groups excluding carboxylic acids is 2. The molecule has 3 N–H and O–H groups in total. The van der Waals surface area contributed by atoms with Gasteiger partial charge >= 0.3 is 0 Å². The van der Waals surface area contributed by atoms with E-state index in [9.17, 15) is 18.4 Å². The zero-order valence-electron chi connectivity index (χ0n) is 12.8. The number of ether oxygens (including phenoxy) is 1. The Morgan fingerprint density at radius 3 is 2.58 bits per heavy atom. The molecule has 2 amide bonds. The van der Waals surface area contributed by atoms with Crippen LogP contribution in [-0.2, 0) is 11.4 Å². The first-order valence-electron chi connectivity index (χ1n) is 7.00. The zero-order valence-corrected chi connectivity index (χ0v) is 12.8. The van der Waals surface area contributed by atoms with Gasteiger partial charge < -0.3 is 15.8 Å². The molecular formula is C16H15F2N3O3. The van der Waals surface area contributed by atoms with Crippen LogP contribution in [0.4, 0.5) is 8.78 Å². The van der Waals surface area contributed by atoms with Crippen LogP contribution in [0.15, 0.2) is 36.5 Å². The number of benzene rings is 1. The van der Waals surface area contributed by atoms with Crippen LogP contribution < -0.4 is 15.8 Å². The predicted molar refractivity (Wildman–Crippen MR) is 81.0 cm³/mol. The maximum Gasteiger partial charge on any atom is 0.270 e.